The lowest BCUT2D eigenvalue weighted by Crippen LogP contribution is -2.48. The monoisotopic (exact) mass is 498 g/mol. The van der Waals surface area contributed by atoms with E-state index in [1.165, 1.54) is 0 Å². The van der Waals surface area contributed by atoms with Crippen LogP contribution in [-0.2, 0) is 0 Å². The van der Waals surface area contributed by atoms with E-state index in [0.717, 1.165) is 78.2 Å². The van der Waals surface area contributed by atoms with Gasteiger partial charge < -0.3 is 24.4 Å². The van der Waals surface area contributed by atoms with Crippen LogP contribution in [0.5, 0.6) is 17.2 Å². The zero-order valence-corrected chi connectivity index (χ0v) is 21.5. The second-order valence-electron chi connectivity index (χ2n) is 8.46. The highest BCUT2D eigenvalue weighted by Crippen LogP contribution is 2.40. The smallest absolute Gasteiger partial charge is 0.251 e. The summed E-state index contributed by atoms with van der Waals surface area (Å²) in [5, 5.41) is 4.02. The highest BCUT2D eigenvalue weighted by atomic mass is 32.1. The van der Waals surface area contributed by atoms with Gasteiger partial charge in [0.15, 0.2) is 5.13 Å². The maximum atomic E-state index is 12.5. The van der Waals surface area contributed by atoms with E-state index >= 15 is 0 Å². The number of thiazole rings is 1. The van der Waals surface area contributed by atoms with Crippen LogP contribution < -0.4 is 24.4 Å². The van der Waals surface area contributed by atoms with Gasteiger partial charge in [0.25, 0.3) is 5.91 Å². The minimum absolute atomic E-state index is 0.0545. The molecule has 1 aliphatic rings. The summed E-state index contributed by atoms with van der Waals surface area (Å²) in [5.41, 5.74) is 1.50. The number of fused-ring (bicyclic) bond motifs is 1. The number of ether oxygens (including phenoxy) is 3. The Morgan fingerprint density at radius 1 is 1.03 bits per heavy atom. The Labute approximate surface area is 210 Å². The lowest BCUT2D eigenvalue weighted by atomic mass is 10.2. The van der Waals surface area contributed by atoms with E-state index in [9.17, 15) is 4.79 Å². The van der Waals surface area contributed by atoms with Gasteiger partial charge >= 0.3 is 0 Å². The maximum absolute atomic E-state index is 12.5. The molecule has 1 fully saturated rings. The fourth-order valence-corrected chi connectivity index (χ4v) is 5.16. The number of piperazine rings is 1. The van der Waals surface area contributed by atoms with Crippen LogP contribution in [-0.4, -0.2) is 75.9 Å². The molecule has 3 aromatic rings. The third-order valence-electron chi connectivity index (χ3n) is 6.14. The molecular weight excluding hydrogens is 464 g/mol. The van der Waals surface area contributed by atoms with E-state index in [4.69, 9.17) is 19.2 Å². The normalized spacial score (nSPS) is 14.2. The molecule has 1 N–H and O–H groups in total. The number of benzene rings is 2. The molecule has 2 heterocycles. The van der Waals surface area contributed by atoms with Gasteiger partial charge in [-0.3, -0.25) is 9.69 Å². The Hall–Kier alpha value is -3.04. The molecule has 9 heteroatoms. The quantitative estimate of drug-likeness (QED) is 0.400. The highest BCUT2D eigenvalue weighted by molar-refractivity contribution is 7.22. The van der Waals surface area contributed by atoms with Crippen LogP contribution >= 0.6 is 11.3 Å². The summed E-state index contributed by atoms with van der Waals surface area (Å²) in [6, 6.07) is 11.2. The van der Waals surface area contributed by atoms with Gasteiger partial charge in [-0.15, -0.1) is 0 Å². The third kappa shape index (κ3) is 6.15. The van der Waals surface area contributed by atoms with Crippen LogP contribution in [0.25, 0.3) is 10.2 Å². The average Bonchev–Trinajstić information content (AvgIpc) is 3.35. The van der Waals surface area contributed by atoms with E-state index in [-0.39, 0.29) is 5.91 Å². The number of amides is 1. The standard InChI is InChI=1S/C26H34N4O4S/c1-4-5-18-34-20-8-6-19(7-9-20)25(31)27-12-13-29-14-16-30(17-15-29)26-28-23-21(32-2)10-11-22(33-3)24(23)35-26/h6-11H,4-5,12-18H2,1-3H3,(H,27,31). The molecule has 0 atom stereocenters. The molecule has 0 bridgehead atoms. The van der Waals surface area contributed by atoms with Gasteiger partial charge in [-0.25, -0.2) is 4.98 Å². The SMILES string of the molecule is CCCCOc1ccc(C(=O)NCCN2CCN(c3nc4c(OC)ccc(OC)c4s3)CC2)cc1. The molecule has 0 unspecified atom stereocenters. The first-order valence-electron chi connectivity index (χ1n) is 12.1. The van der Waals surface area contributed by atoms with Crippen molar-refractivity contribution >= 4 is 32.6 Å². The molecule has 1 aromatic heterocycles. The molecule has 2 aromatic carbocycles. The van der Waals surface area contributed by atoms with E-state index in [2.05, 4.69) is 22.0 Å². The number of anilines is 1. The molecule has 1 saturated heterocycles. The van der Waals surface area contributed by atoms with E-state index < -0.39 is 0 Å². The largest absolute Gasteiger partial charge is 0.495 e. The van der Waals surface area contributed by atoms with Crippen LogP contribution in [0.15, 0.2) is 36.4 Å². The Balaban J connectivity index is 1.24. The molecule has 0 saturated carbocycles. The summed E-state index contributed by atoms with van der Waals surface area (Å²) in [6.45, 7) is 7.89. The number of nitrogens with one attached hydrogen (secondary N) is 1. The van der Waals surface area contributed by atoms with Crippen LogP contribution in [0.1, 0.15) is 30.1 Å². The molecule has 8 nitrogen and oxygen atoms in total. The van der Waals surface area contributed by atoms with Crippen molar-refractivity contribution in [1.82, 2.24) is 15.2 Å². The van der Waals surface area contributed by atoms with Gasteiger partial charge in [0.05, 0.1) is 20.8 Å². The topological polar surface area (TPSA) is 76.2 Å². The van der Waals surface area contributed by atoms with Crippen LogP contribution in [0, 0.1) is 0 Å². The molecule has 0 radical (unpaired) electrons. The van der Waals surface area contributed by atoms with Crippen LogP contribution in [0.2, 0.25) is 0 Å². The van der Waals surface area contributed by atoms with Crippen molar-refractivity contribution < 1.29 is 19.0 Å². The van der Waals surface area contributed by atoms with Gasteiger partial charge in [-0.05, 0) is 42.8 Å². The van der Waals surface area contributed by atoms with Crippen LogP contribution in [0.4, 0.5) is 5.13 Å². The minimum Gasteiger partial charge on any atom is -0.495 e. The molecule has 35 heavy (non-hydrogen) atoms. The molecule has 0 spiro atoms. The molecule has 1 aliphatic heterocycles. The van der Waals surface area contributed by atoms with Gasteiger partial charge in [0.1, 0.15) is 27.5 Å². The fourth-order valence-electron chi connectivity index (χ4n) is 4.04. The Bertz CT molecular complexity index is 1070. The van der Waals surface area contributed by atoms with Crippen molar-refractivity contribution in [2.75, 3.05) is 65.0 Å². The van der Waals surface area contributed by atoms with E-state index in [1.54, 1.807) is 25.6 Å². The first-order chi connectivity index (χ1) is 17.1. The Morgan fingerprint density at radius 2 is 1.74 bits per heavy atom. The van der Waals surface area contributed by atoms with Crippen molar-refractivity contribution in [3.63, 3.8) is 0 Å². The number of hydrogen-bond donors (Lipinski definition) is 1. The fraction of sp³-hybridized carbons (Fsp3) is 0.462. The third-order valence-corrected chi connectivity index (χ3v) is 7.27. The first-order valence-corrected chi connectivity index (χ1v) is 12.9. The van der Waals surface area contributed by atoms with Gasteiger partial charge in [-0.1, -0.05) is 24.7 Å². The number of carbonyl (C=O) groups is 1. The van der Waals surface area contributed by atoms with E-state index in [1.807, 2.05) is 36.4 Å². The molecule has 0 aliphatic carbocycles. The number of methoxy groups -OCH3 is 2. The minimum atomic E-state index is -0.0545. The van der Waals surface area contributed by atoms with Gasteiger partial charge in [-0.2, -0.15) is 0 Å². The zero-order chi connectivity index (χ0) is 24.6. The summed E-state index contributed by atoms with van der Waals surface area (Å²) < 4.78 is 17.7. The predicted octanol–water partition coefficient (Wildman–Crippen LogP) is 4.04. The molecular formula is C26H34N4O4S. The summed E-state index contributed by atoms with van der Waals surface area (Å²) in [7, 11) is 3.34. The lowest BCUT2D eigenvalue weighted by molar-refractivity contribution is 0.0947. The number of aromatic nitrogens is 1. The number of nitrogens with zero attached hydrogens (tertiary/aromatic N) is 3. The summed E-state index contributed by atoms with van der Waals surface area (Å²) in [4.78, 5) is 22.0. The predicted molar refractivity (Wildman–Crippen MR) is 141 cm³/mol. The average molecular weight is 499 g/mol. The van der Waals surface area contributed by atoms with E-state index in [0.29, 0.717) is 18.7 Å². The lowest BCUT2D eigenvalue weighted by Gasteiger charge is -2.34. The summed E-state index contributed by atoms with van der Waals surface area (Å²) in [6.07, 6.45) is 2.13. The van der Waals surface area contributed by atoms with Crippen molar-refractivity contribution in [2.24, 2.45) is 0 Å². The Kier molecular flexibility index (Phi) is 8.65. The second-order valence-corrected chi connectivity index (χ2v) is 9.43. The zero-order valence-electron chi connectivity index (χ0n) is 20.7. The van der Waals surface area contributed by atoms with Crippen molar-refractivity contribution in [1.29, 1.82) is 0 Å². The van der Waals surface area contributed by atoms with Gasteiger partial charge in [0, 0.05) is 44.8 Å². The highest BCUT2D eigenvalue weighted by Gasteiger charge is 2.22. The number of unbranched alkanes of at least 4 members (excludes halogenated alkanes) is 1. The van der Waals surface area contributed by atoms with Crippen LogP contribution in [0.3, 0.4) is 0 Å². The number of carbonyl (C=O) groups excluding carboxylic acids is 1. The Morgan fingerprint density at radius 3 is 2.43 bits per heavy atom. The van der Waals surface area contributed by atoms with Crippen molar-refractivity contribution in [2.45, 2.75) is 19.8 Å². The maximum Gasteiger partial charge on any atom is 0.251 e. The second kappa shape index (κ2) is 12.1. The number of hydrogen-bond acceptors (Lipinski definition) is 8. The molecule has 1 amide bonds. The molecule has 188 valence electrons. The molecule has 4 rings (SSSR count). The number of rotatable bonds is 11. The van der Waals surface area contributed by atoms with Crippen molar-refractivity contribution in [3.8, 4) is 17.2 Å². The first kappa shape index (κ1) is 25.1. The summed E-state index contributed by atoms with van der Waals surface area (Å²) >= 11 is 1.64. The van der Waals surface area contributed by atoms with Crippen molar-refractivity contribution in [3.05, 3.63) is 42.0 Å². The summed E-state index contributed by atoms with van der Waals surface area (Å²) in [5.74, 6) is 2.33. The van der Waals surface area contributed by atoms with Gasteiger partial charge in [0.2, 0.25) is 0 Å².